The van der Waals surface area contributed by atoms with Crippen LogP contribution in [0.25, 0.3) is 0 Å². The Morgan fingerprint density at radius 2 is 2.28 bits per heavy atom. The Bertz CT molecular complexity index is 635. The van der Waals surface area contributed by atoms with Gasteiger partial charge in [-0.25, -0.2) is 0 Å². The zero-order valence-corrected chi connectivity index (χ0v) is 10.8. The number of halogens is 1. The molecular weight excluding hydrogens is 274 g/mol. The molecule has 0 fully saturated rings. The van der Waals surface area contributed by atoms with E-state index in [2.05, 4.69) is 10.3 Å². The Morgan fingerprint density at radius 1 is 1.50 bits per heavy atom. The summed E-state index contributed by atoms with van der Waals surface area (Å²) < 4.78 is 0. The van der Waals surface area contributed by atoms with Gasteiger partial charge in [0.15, 0.2) is 0 Å². The first-order valence-electron chi connectivity index (χ1n) is 5.06. The molecule has 0 aliphatic heterocycles. The number of anilines is 1. The maximum absolute atomic E-state index is 11.8. The lowest BCUT2D eigenvalue weighted by Gasteiger charge is -2.05. The van der Waals surface area contributed by atoms with E-state index in [1.807, 2.05) is 0 Å². The number of amides is 1. The van der Waals surface area contributed by atoms with Crippen molar-refractivity contribution in [3.8, 4) is 0 Å². The third-order valence-corrected chi connectivity index (χ3v) is 3.32. The van der Waals surface area contributed by atoms with Crippen molar-refractivity contribution < 1.29 is 4.79 Å². The van der Waals surface area contributed by atoms with Crippen LogP contribution < -0.4 is 15.9 Å². The van der Waals surface area contributed by atoms with E-state index in [0.29, 0.717) is 22.0 Å². The second-order valence-corrected chi connectivity index (χ2v) is 4.84. The van der Waals surface area contributed by atoms with Crippen molar-refractivity contribution in [1.29, 1.82) is 0 Å². The smallest absolute Gasteiger partial charge is 0.304 e. The van der Waals surface area contributed by atoms with E-state index >= 15 is 0 Å². The predicted molar refractivity (Wildman–Crippen MR) is 72.0 cm³/mol. The number of H-pyrrole nitrogens is 1. The number of aromatic amines is 1. The van der Waals surface area contributed by atoms with Crippen LogP contribution in [-0.2, 0) is 6.54 Å². The van der Waals surface area contributed by atoms with Gasteiger partial charge in [-0.15, -0.1) is 0 Å². The van der Waals surface area contributed by atoms with Crippen LogP contribution in [0.15, 0.2) is 28.4 Å². The number of benzene rings is 1. The molecule has 1 aromatic heterocycles. The molecule has 0 aliphatic carbocycles. The van der Waals surface area contributed by atoms with Crippen LogP contribution >= 0.6 is 22.9 Å². The van der Waals surface area contributed by atoms with Gasteiger partial charge in [-0.3, -0.25) is 9.59 Å². The number of hydrogen-bond acceptors (Lipinski definition) is 4. The Hall–Kier alpha value is -1.79. The van der Waals surface area contributed by atoms with Gasteiger partial charge in [-0.2, -0.15) is 0 Å². The van der Waals surface area contributed by atoms with Crippen LogP contribution in [0.2, 0.25) is 5.02 Å². The summed E-state index contributed by atoms with van der Waals surface area (Å²) in [7, 11) is 0. The molecule has 4 N–H and O–H groups in total. The SMILES string of the molecule is Nc1ccc(C(=O)NCc2csc(=O)[nH]2)cc1Cl. The van der Waals surface area contributed by atoms with Gasteiger partial charge in [0.25, 0.3) is 5.91 Å². The van der Waals surface area contributed by atoms with Crippen molar-refractivity contribution >= 4 is 34.5 Å². The summed E-state index contributed by atoms with van der Waals surface area (Å²) in [6.45, 7) is 0.263. The van der Waals surface area contributed by atoms with Crippen molar-refractivity contribution in [3.05, 3.63) is 49.5 Å². The van der Waals surface area contributed by atoms with Gasteiger partial charge in [-0.05, 0) is 18.2 Å². The number of carbonyl (C=O) groups excluding carboxylic acids is 1. The second-order valence-electron chi connectivity index (χ2n) is 3.59. The third kappa shape index (κ3) is 2.91. The van der Waals surface area contributed by atoms with Gasteiger partial charge in [0.2, 0.25) is 0 Å². The summed E-state index contributed by atoms with van der Waals surface area (Å²) in [5, 5.41) is 4.68. The molecule has 0 spiro atoms. The van der Waals surface area contributed by atoms with E-state index in [9.17, 15) is 9.59 Å². The fourth-order valence-electron chi connectivity index (χ4n) is 1.35. The van der Waals surface area contributed by atoms with E-state index in [-0.39, 0.29) is 17.3 Å². The van der Waals surface area contributed by atoms with Gasteiger partial charge in [0.05, 0.1) is 17.3 Å². The topological polar surface area (TPSA) is 88.0 Å². The van der Waals surface area contributed by atoms with E-state index < -0.39 is 0 Å². The molecular formula is C11H10ClN3O2S. The molecule has 1 heterocycles. The number of nitrogen functional groups attached to an aromatic ring is 1. The minimum atomic E-state index is -0.274. The van der Waals surface area contributed by atoms with E-state index in [0.717, 1.165) is 11.3 Å². The summed E-state index contributed by atoms with van der Waals surface area (Å²) in [6, 6.07) is 4.67. The fourth-order valence-corrected chi connectivity index (χ4v) is 2.11. The second kappa shape index (κ2) is 5.24. The number of carbonyl (C=O) groups is 1. The summed E-state index contributed by atoms with van der Waals surface area (Å²) in [5.74, 6) is -0.274. The van der Waals surface area contributed by atoms with Crippen LogP contribution in [0.5, 0.6) is 0 Å². The molecule has 1 aromatic carbocycles. The molecule has 94 valence electrons. The number of nitrogens with two attached hydrogens (primary N) is 1. The largest absolute Gasteiger partial charge is 0.398 e. The standard InChI is InChI=1S/C11H10ClN3O2S/c12-8-3-6(1-2-9(8)13)10(16)14-4-7-5-18-11(17)15-7/h1-3,5H,4,13H2,(H,14,16)(H,15,17). The average molecular weight is 284 g/mol. The highest BCUT2D eigenvalue weighted by Crippen LogP contribution is 2.19. The molecule has 18 heavy (non-hydrogen) atoms. The van der Waals surface area contributed by atoms with Crippen LogP contribution in [-0.4, -0.2) is 10.9 Å². The average Bonchev–Trinajstić information content (AvgIpc) is 2.75. The van der Waals surface area contributed by atoms with Crippen LogP contribution in [0, 0.1) is 0 Å². The van der Waals surface area contributed by atoms with Crippen LogP contribution in [0.3, 0.4) is 0 Å². The van der Waals surface area contributed by atoms with E-state index in [1.165, 1.54) is 6.07 Å². The molecule has 0 saturated heterocycles. The van der Waals surface area contributed by atoms with Crippen molar-refractivity contribution in [2.24, 2.45) is 0 Å². The van der Waals surface area contributed by atoms with Crippen LogP contribution in [0.4, 0.5) is 5.69 Å². The Kier molecular flexibility index (Phi) is 3.69. The molecule has 0 radical (unpaired) electrons. The highest BCUT2D eigenvalue weighted by Gasteiger charge is 2.07. The minimum absolute atomic E-state index is 0.144. The van der Waals surface area contributed by atoms with Crippen LogP contribution in [0.1, 0.15) is 16.1 Å². The lowest BCUT2D eigenvalue weighted by molar-refractivity contribution is 0.0950. The van der Waals surface area contributed by atoms with E-state index in [4.69, 9.17) is 17.3 Å². The molecule has 0 saturated carbocycles. The molecule has 5 nitrogen and oxygen atoms in total. The maximum atomic E-state index is 11.8. The zero-order chi connectivity index (χ0) is 13.1. The summed E-state index contributed by atoms with van der Waals surface area (Å²) in [6.07, 6.45) is 0. The Balaban J connectivity index is 2.03. The van der Waals surface area contributed by atoms with Gasteiger partial charge in [0.1, 0.15) is 0 Å². The monoisotopic (exact) mass is 283 g/mol. The quantitative estimate of drug-likeness (QED) is 0.748. The lowest BCUT2D eigenvalue weighted by atomic mass is 10.2. The first-order chi connectivity index (χ1) is 8.56. The van der Waals surface area contributed by atoms with Crippen molar-refractivity contribution in [2.45, 2.75) is 6.54 Å². The number of nitrogens with one attached hydrogen (secondary N) is 2. The lowest BCUT2D eigenvalue weighted by Crippen LogP contribution is -2.23. The molecule has 2 rings (SSSR count). The van der Waals surface area contributed by atoms with Gasteiger partial charge < -0.3 is 16.0 Å². The summed E-state index contributed by atoms with van der Waals surface area (Å²) in [4.78, 5) is 25.2. The molecule has 0 unspecified atom stereocenters. The van der Waals surface area contributed by atoms with Gasteiger partial charge in [0, 0.05) is 16.6 Å². The zero-order valence-electron chi connectivity index (χ0n) is 9.20. The molecule has 2 aromatic rings. The summed E-state index contributed by atoms with van der Waals surface area (Å²) >= 11 is 6.88. The molecule has 7 heteroatoms. The normalized spacial score (nSPS) is 10.3. The molecule has 0 bridgehead atoms. The van der Waals surface area contributed by atoms with Crippen molar-refractivity contribution in [1.82, 2.24) is 10.3 Å². The number of rotatable bonds is 3. The first kappa shape index (κ1) is 12.7. The molecule has 1 amide bonds. The Labute approximate surface area is 112 Å². The number of hydrogen-bond donors (Lipinski definition) is 3. The molecule has 0 aliphatic rings. The summed E-state index contributed by atoms with van der Waals surface area (Å²) in [5.41, 5.74) is 7.07. The highest BCUT2D eigenvalue weighted by molar-refractivity contribution is 7.07. The third-order valence-electron chi connectivity index (χ3n) is 2.27. The predicted octanol–water partition coefficient (Wildman–Crippen LogP) is 1.60. The van der Waals surface area contributed by atoms with Crippen molar-refractivity contribution in [2.75, 3.05) is 5.73 Å². The number of thiazole rings is 1. The van der Waals surface area contributed by atoms with E-state index in [1.54, 1.807) is 17.5 Å². The Morgan fingerprint density at radius 3 is 2.89 bits per heavy atom. The van der Waals surface area contributed by atoms with Gasteiger partial charge >= 0.3 is 4.87 Å². The van der Waals surface area contributed by atoms with Crippen molar-refractivity contribution in [3.63, 3.8) is 0 Å². The first-order valence-corrected chi connectivity index (χ1v) is 6.32. The fraction of sp³-hybridized carbons (Fsp3) is 0.0909. The van der Waals surface area contributed by atoms with Gasteiger partial charge in [-0.1, -0.05) is 22.9 Å². The highest BCUT2D eigenvalue weighted by atomic mass is 35.5. The maximum Gasteiger partial charge on any atom is 0.304 e. The minimum Gasteiger partial charge on any atom is -0.398 e. The molecule has 0 atom stereocenters. The number of aromatic nitrogens is 1.